The predicted octanol–water partition coefficient (Wildman–Crippen LogP) is 7.62. The van der Waals surface area contributed by atoms with Crippen molar-refractivity contribution in [3.63, 3.8) is 0 Å². The van der Waals surface area contributed by atoms with Gasteiger partial charge in [0, 0.05) is 11.1 Å². The number of nitrogens with zero attached hydrogens (tertiary/aromatic N) is 1. The molecule has 2 nitrogen and oxygen atoms in total. The zero-order chi connectivity index (χ0) is 20.3. The standard InChI is InChI=1S/C26H41NO/c1-6-16-26(19-11-8-12-20-26)21-23(22-14-9-7-10-15-22)28-27-24(2,3)17-13-18-25(27,4)5/h6-7,9-10,14-15,23H,1,8,11-13,16-21H2,2-5H3. The molecule has 0 radical (unpaired) electrons. The number of benzene rings is 1. The molecule has 1 aromatic rings. The molecule has 1 heterocycles. The molecule has 1 saturated carbocycles. The third-order valence-electron chi connectivity index (χ3n) is 7.19. The summed E-state index contributed by atoms with van der Waals surface area (Å²) in [5.74, 6) is 0. The van der Waals surface area contributed by atoms with Crippen molar-refractivity contribution in [3.05, 3.63) is 48.6 Å². The van der Waals surface area contributed by atoms with Gasteiger partial charge in [-0.3, -0.25) is 4.84 Å². The fourth-order valence-corrected chi connectivity index (χ4v) is 5.77. The van der Waals surface area contributed by atoms with Crippen LogP contribution in [0.15, 0.2) is 43.0 Å². The van der Waals surface area contributed by atoms with Crippen LogP contribution in [0.1, 0.15) is 104 Å². The molecule has 0 amide bonds. The van der Waals surface area contributed by atoms with Crippen LogP contribution in [0, 0.1) is 5.41 Å². The molecule has 156 valence electrons. The summed E-state index contributed by atoms with van der Waals surface area (Å²) in [6, 6.07) is 10.9. The number of allylic oxidation sites excluding steroid dienone is 1. The Kier molecular flexibility index (Phi) is 6.72. The van der Waals surface area contributed by atoms with Gasteiger partial charge in [0.15, 0.2) is 0 Å². The molecule has 0 spiro atoms. The second-order valence-electron chi connectivity index (χ2n) is 10.5. The van der Waals surface area contributed by atoms with E-state index in [-0.39, 0.29) is 17.2 Å². The third kappa shape index (κ3) is 4.89. The minimum absolute atomic E-state index is 0.0624. The first kappa shape index (κ1) is 21.6. The fraction of sp³-hybridized carbons (Fsp3) is 0.692. The maximum atomic E-state index is 6.98. The summed E-state index contributed by atoms with van der Waals surface area (Å²) in [5.41, 5.74) is 1.78. The van der Waals surface area contributed by atoms with Crippen LogP contribution in [0.3, 0.4) is 0 Å². The second kappa shape index (κ2) is 8.71. The Hall–Kier alpha value is -1.12. The third-order valence-corrected chi connectivity index (χ3v) is 7.19. The number of rotatable bonds is 7. The monoisotopic (exact) mass is 383 g/mol. The summed E-state index contributed by atoms with van der Waals surface area (Å²) in [6.07, 6.45) is 14.8. The molecule has 0 bridgehead atoms. The highest BCUT2D eigenvalue weighted by molar-refractivity contribution is 5.18. The highest BCUT2D eigenvalue weighted by atomic mass is 16.7. The molecule has 1 aliphatic heterocycles. The topological polar surface area (TPSA) is 12.5 Å². The number of hydroxylamine groups is 2. The van der Waals surface area contributed by atoms with Crippen molar-refractivity contribution in [2.45, 2.75) is 109 Å². The SMILES string of the molecule is C=CCC1(CC(ON2C(C)(C)CCCC2(C)C)c2ccccc2)CCCCC1. The first-order valence-corrected chi connectivity index (χ1v) is 11.4. The van der Waals surface area contributed by atoms with Gasteiger partial charge in [-0.25, -0.2) is 0 Å². The van der Waals surface area contributed by atoms with Gasteiger partial charge in [0.05, 0.1) is 0 Å². The van der Waals surface area contributed by atoms with Gasteiger partial charge < -0.3 is 0 Å². The molecular formula is C26H41NO. The van der Waals surface area contributed by atoms with Gasteiger partial charge >= 0.3 is 0 Å². The maximum Gasteiger partial charge on any atom is 0.105 e. The summed E-state index contributed by atoms with van der Waals surface area (Å²) in [5, 5.41) is 2.35. The lowest BCUT2D eigenvalue weighted by atomic mass is 9.68. The molecule has 1 unspecified atom stereocenters. The molecular weight excluding hydrogens is 342 g/mol. The largest absolute Gasteiger partial charge is 0.290 e. The van der Waals surface area contributed by atoms with Gasteiger partial charge in [-0.15, -0.1) is 6.58 Å². The number of hydrogen-bond acceptors (Lipinski definition) is 2. The van der Waals surface area contributed by atoms with Gasteiger partial charge in [0.2, 0.25) is 0 Å². The van der Waals surface area contributed by atoms with E-state index in [1.807, 2.05) is 0 Å². The fourth-order valence-electron chi connectivity index (χ4n) is 5.77. The Balaban J connectivity index is 1.90. The molecule has 1 aliphatic carbocycles. The summed E-state index contributed by atoms with van der Waals surface area (Å²) in [4.78, 5) is 6.98. The van der Waals surface area contributed by atoms with E-state index in [0.29, 0.717) is 5.41 Å². The summed E-state index contributed by atoms with van der Waals surface area (Å²) in [7, 11) is 0. The minimum Gasteiger partial charge on any atom is -0.290 e. The zero-order valence-corrected chi connectivity index (χ0v) is 18.7. The summed E-state index contributed by atoms with van der Waals surface area (Å²) >= 11 is 0. The van der Waals surface area contributed by atoms with E-state index < -0.39 is 0 Å². The number of piperidine rings is 1. The van der Waals surface area contributed by atoms with Crippen LogP contribution in [0.25, 0.3) is 0 Å². The first-order chi connectivity index (χ1) is 13.3. The van der Waals surface area contributed by atoms with Gasteiger partial charge in [0.1, 0.15) is 6.10 Å². The average molecular weight is 384 g/mol. The smallest absolute Gasteiger partial charge is 0.105 e. The van der Waals surface area contributed by atoms with E-state index >= 15 is 0 Å². The van der Waals surface area contributed by atoms with Crippen molar-refractivity contribution in [2.24, 2.45) is 5.41 Å². The lowest BCUT2D eigenvalue weighted by Gasteiger charge is -2.53. The van der Waals surface area contributed by atoms with E-state index in [4.69, 9.17) is 4.84 Å². The molecule has 28 heavy (non-hydrogen) atoms. The Morgan fingerprint density at radius 1 is 0.929 bits per heavy atom. The Morgan fingerprint density at radius 2 is 1.54 bits per heavy atom. The van der Waals surface area contributed by atoms with Crippen molar-refractivity contribution < 1.29 is 4.84 Å². The van der Waals surface area contributed by atoms with Crippen LogP contribution < -0.4 is 0 Å². The van der Waals surface area contributed by atoms with E-state index in [1.54, 1.807) is 0 Å². The van der Waals surface area contributed by atoms with E-state index in [1.165, 1.54) is 56.9 Å². The molecule has 0 N–H and O–H groups in total. The van der Waals surface area contributed by atoms with Crippen LogP contribution in [0.2, 0.25) is 0 Å². The molecule has 3 rings (SSSR count). The minimum atomic E-state index is 0.0624. The van der Waals surface area contributed by atoms with Crippen molar-refractivity contribution in [3.8, 4) is 0 Å². The van der Waals surface area contributed by atoms with E-state index in [9.17, 15) is 0 Å². The molecule has 2 aliphatic rings. The van der Waals surface area contributed by atoms with Crippen LogP contribution in [0.5, 0.6) is 0 Å². The summed E-state index contributed by atoms with van der Waals surface area (Å²) < 4.78 is 0. The first-order valence-electron chi connectivity index (χ1n) is 11.4. The number of hydrogen-bond donors (Lipinski definition) is 0. The van der Waals surface area contributed by atoms with Crippen molar-refractivity contribution in [2.75, 3.05) is 0 Å². The van der Waals surface area contributed by atoms with Crippen LogP contribution >= 0.6 is 0 Å². The Bertz CT molecular complexity index is 611. The Morgan fingerprint density at radius 3 is 2.11 bits per heavy atom. The summed E-state index contributed by atoms with van der Waals surface area (Å²) in [6.45, 7) is 13.5. The van der Waals surface area contributed by atoms with Crippen LogP contribution in [-0.4, -0.2) is 16.1 Å². The molecule has 1 atom stereocenters. The lowest BCUT2D eigenvalue weighted by Crippen LogP contribution is -2.58. The van der Waals surface area contributed by atoms with Crippen molar-refractivity contribution in [1.82, 2.24) is 5.06 Å². The molecule has 2 heteroatoms. The molecule has 2 fully saturated rings. The van der Waals surface area contributed by atoms with E-state index in [2.05, 4.69) is 75.7 Å². The lowest BCUT2D eigenvalue weighted by molar-refractivity contribution is -0.311. The van der Waals surface area contributed by atoms with E-state index in [0.717, 1.165) is 12.8 Å². The molecule has 0 aromatic heterocycles. The highest BCUT2D eigenvalue weighted by Gasteiger charge is 2.45. The molecule has 1 aromatic carbocycles. The predicted molar refractivity (Wildman–Crippen MR) is 119 cm³/mol. The van der Waals surface area contributed by atoms with Gasteiger partial charge in [-0.05, 0) is 83.6 Å². The van der Waals surface area contributed by atoms with Crippen LogP contribution in [-0.2, 0) is 4.84 Å². The van der Waals surface area contributed by atoms with Crippen molar-refractivity contribution >= 4 is 0 Å². The quantitative estimate of drug-likeness (QED) is 0.449. The highest BCUT2D eigenvalue weighted by Crippen LogP contribution is 2.48. The van der Waals surface area contributed by atoms with Crippen LogP contribution in [0.4, 0.5) is 0 Å². The zero-order valence-electron chi connectivity index (χ0n) is 18.7. The van der Waals surface area contributed by atoms with Gasteiger partial charge in [-0.2, -0.15) is 5.06 Å². The normalized spacial score (nSPS) is 25.1. The van der Waals surface area contributed by atoms with Gasteiger partial charge in [-0.1, -0.05) is 55.7 Å². The molecule has 1 saturated heterocycles. The van der Waals surface area contributed by atoms with Gasteiger partial charge in [0.25, 0.3) is 0 Å². The van der Waals surface area contributed by atoms with Crippen molar-refractivity contribution in [1.29, 1.82) is 0 Å². The average Bonchev–Trinajstić information content (AvgIpc) is 2.65. The Labute approximate surface area is 173 Å². The second-order valence-corrected chi connectivity index (χ2v) is 10.5. The maximum absolute atomic E-state index is 6.98.